The van der Waals surface area contributed by atoms with Gasteiger partial charge in [-0.3, -0.25) is 4.79 Å². The molecule has 172 valence electrons. The number of carbonyl (C=O) groups is 1. The zero-order chi connectivity index (χ0) is 24.0. The summed E-state index contributed by atoms with van der Waals surface area (Å²) in [5.74, 6) is 4.38. The molecule has 1 amide bonds. The van der Waals surface area contributed by atoms with Crippen molar-refractivity contribution in [3.8, 4) is 5.75 Å². The molecule has 0 bridgehead atoms. The van der Waals surface area contributed by atoms with Gasteiger partial charge in [-0.25, -0.2) is 10.1 Å². The minimum absolute atomic E-state index is 0.0267. The molecule has 0 unspecified atom stereocenters. The number of aromatic hydroxyl groups is 1. The number of hydrogen-bond donors (Lipinski definition) is 4. The van der Waals surface area contributed by atoms with E-state index in [1.807, 2.05) is 0 Å². The van der Waals surface area contributed by atoms with Crippen molar-refractivity contribution in [3.05, 3.63) is 54.1 Å². The predicted molar refractivity (Wildman–Crippen MR) is 121 cm³/mol. The number of thioether (sulfide) groups is 1. The van der Waals surface area contributed by atoms with Gasteiger partial charge >= 0.3 is 0 Å². The van der Waals surface area contributed by atoms with E-state index in [1.165, 1.54) is 22.5 Å². The van der Waals surface area contributed by atoms with Crippen molar-refractivity contribution in [2.24, 2.45) is 28.9 Å². The number of amidine groups is 1. The Balaban J connectivity index is 1.89. The van der Waals surface area contributed by atoms with Crippen LogP contribution in [0.5, 0.6) is 5.75 Å². The van der Waals surface area contributed by atoms with E-state index in [2.05, 4.69) is 47.7 Å². The summed E-state index contributed by atoms with van der Waals surface area (Å²) in [6, 6.07) is 6.62. The van der Waals surface area contributed by atoms with Crippen molar-refractivity contribution in [1.29, 1.82) is 0 Å². The number of nitrogens with zero attached hydrogens (tertiary/aromatic N) is 8. The molecule has 0 saturated heterocycles. The molecular formula is C18H21N11O3S. The highest BCUT2D eigenvalue weighted by atomic mass is 32.2. The van der Waals surface area contributed by atoms with E-state index in [0.717, 1.165) is 0 Å². The number of benzene rings is 1. The SMILES string of the molecule is C=C(/C(N)=N\ON)n1nnc(C(=O)N/N=C(\C)c2ccccc2O)c1CSc1nncn1C. The number of phenols is 1. The highest BCUT2D eigenvalue weighted by molar-refractivity contribution is 7.98. The van der Waals surface area contributed by atoms with Crippen molar-refractivity contribution in [3.63, 3.8) is 0 Å². The standard InChI is InChI=1S/C18H21N11O3S/c1-10(12-6-4-5-7-14(12)30)22-24-17(31)15-13(8-33-18-25-21-9-28(18)3)29(27-23-15)11(2)16(19)26-32-20/h4-7,9,30H,2,8,20H2,1,3H3,(H2,19,26)(H,24,31)/b22-10+. The Kier molecular flexibility index (Phi) is 7.37. The molecule has 2 heterocycles. The van der Waals surface area contributed by atoms with Gasteiger partial charge in [-0.1, -0.05) is 35.7 Å². The Morgan fingerprint density at radius 1 is 1.36 bits per heavy atom. The first-order valence-corrected chi connectivity index (χ1v) is 10.3. The first kappa shape index (κ1) is 23.4. The normalized spacial score (nSPS) is 12.0. The van der Waals surface area contributed by atoms with E-state index in [0.29, 0.717) is 22.1 Å². The number of rotatable bonds is 9. The highest BCUT2D eigenvalue weighted by Crippen LogP contribution is 2.23. The van der Waals surface area contributed by atoms with E-state index < -0.39 is 5.91 Å². The van der Waals surface area contributed by atoms with Gasteiger partial charge in [0.2, 0.25) is 0 Å². The first-order chi connectivity index (χ1) is 15.8. The number of hydrogen-bond acceptors (Lipinski definition) is 11. The quantitative estimate of drug-likeness (QED) is 0.145. The number of nitrogens with one attached hydrogen (secondary N) is 1. The number of para-hydroxylation sites is 1. The maximum atomic E-state index is 12.9. The number of oxime groups is 1. The van der Waals surface area contributed by atoms with Crippen LogP contribution in [-0.2, 0) is 17.7 Å². The number of nitrogens with two attached hydrogens (primary N) is 2. The lowest BCUT2D eigenvalue weighted by molar-refractivity contribution is 0.0949. The zero-order valence-electron chi connectivity index (χ0n) is 17.7. The molecule has 15 heteroatoms. The highest BCUT2D eigenvalue weighted by Gasteiger charge is 2.23. The number of phenolic OH excluding ortho intramolecular Hbond substituents is 1. The topological polar surface area (TPSA) is 197 Å². The fraction of sp³-hybridized carbons (Fsp3) is 0.167. The van der Waals surface area contributed by atoms with Crippen molar-refractivity contribution in [2.75, 3.05) is 0 Å². The maximum absolute atomic E-state index is 12.9. The van der Waals surface area contributed by atoms with Crippen LogP contribution in [0.1, 0.15) is 28.7 Å². The molecule has 0 aliphatic rings. The number of aryl methyl sites for hydroxylation is 1. The predicted octanol–water partition coefficient (Wildman–Crippen LogP) is 0.192. The van der Waals surface area contributed by atoms with Gasteiger partial charge in [0.15, 0.2) is 16.7 Å². The molecule has 0 spiro atoms. The Bertz CT molecular complexity index is 1230. The largest absolute Gasteiger partial charge is 0.507 e. The summed E-state index contributed by atoms with van der Waals surface area (Å²) < 4.78 is 2.96. The molecule has 3 aromatic rings. The van der Waals surface area contributed by atoms with Gasteiger partial charge in [0, 0.05) is 18.4 Å². The molecule has 3 rings (SSSR count). The smallest absolute Gasteiger partial charge is 0.293 e. The summed E-state index contributed by atoms with van der Waals surface area (Å²) in [7, 11) is 1.78. The van der Waals surface area contributed by atoms with Crippen LogP contribution in [0.3, 0.4) is 0 Å². The molecule has 0 radical (unpaired) electrons. The monoisotopic (exact) mass is 471 g/mol. The lowest BCUT2D eigenvalue weighted by atomic mass is 10.1. The van der Waals surface area contributed by atoms with Gasteiger partial charge in [0.25, 0.3) is 5.91 Å². The van der Waals surface area contributed by atoms with Crippen LogP contribution in [0.4, 0.5) is 0 Å². The number of aromatic nitrogens is 6. The summed E-state index contributed by atoms with van der Waals surface area (Å²) >= 11 is 1.28. The third-order valence-corrected chi connectivity index (χ3v) is 5.35. The summed E-state index contributed by atoms with van der Waals surface area (Å²) in [4.78, 5) is 17.1. The molecule has 33 heavy (non-hydrogen) atoms. The van der Waals surface area contributed by atoms with Crippen molar-refractivity contribution in [1.82, 2.24) is 35.2 Å². The molecule has 0 saturated carbocycles. The minimum atomic E-state index is -0.636. The summed E-state index contributed by atoms with van der Waals surface area (Å²) in [6.45, 7) is 5.44. The van der Waals surface area contributed by atoms with Crippen LogP contribution in [0.15, 0.2) is 52.6 Å². The van der Waals surface area contributed by atoms with Crippen LogP contribution < -0.4 is 17.1 Å². The molecule has 1 aromatic carbocycles. The molecule has 2 aromatic heterocycles. The van der Waals surface area contributed by atoms with Gasteiger partial charge in [-0.2, -0.15) is 5.10 Å². The van der Waals surface area contributed by atoms with Gasteiger partial charge in [-0.15, -0.1) is 21.2 Å². The zero-order valence-corrected chi connectivity index (χ0v) is 18.5. The third-order valence-electron chi connectivity index (χ3n) is 4.31. The van der Waals surface area contributed by atoms with E-state index >= 15 is 0 Å². The van der Waals surface area contributed by atoms with Crippen molar-refractivity contribution in [2.45, 2.75) is 17.8 Å². The van der Waals surface area contributed by atoms with Crippen molar-refractivity contribution >= 4 is 34.9 Å². The van der Waals surface area contributed by atoms with Crippen LogP contribution in [-0.4, -0.2) is 52.3 Å². The molecule has 14 nitrogen and oxygen atoms in total. The number of amides is 1. The van der Waals surface area contributed by atoms with E-state index in [-0.39, 0.29) is 28.7 Å². The van der Waals surface area contributed by atoms with Gasteiger partial charge < -0.3 is 20.3 Å². The second-order valence-corrected chi connectivity index (χ2v) is 7.44. The molecule has 0 aliphatic heterocycles. The first-order valence-electron chi connectivity index (χ1n) is 9.26. The fourth-order valence-corrected chi connectivity index (χ4v) is 3.49. The molecular weight excluding hydrogens is 450 g/mol. The van der Waals surface area contributed by atoms with E-state index in [4.69, 9.17) is 11.6 Å². The lowest BCUT2D eigenvalue weighted by Gasteiger charge is -2.09. The van der Waals surface area contributed by atoms with Crippen LogP contribution in [0, 0.1) is 0 Å². The Labute approximate surface area is 191 Å². The lowest BCUT2D eigenvalue weighted by Crippen LogP contribution is -2.23. The third kappa shape index (κ3) is 5.34. The second kappa shape index (κ2) is 10.4. The maximum Gasteiger partial charge on any atom is 0.293 e. The van der Waals surface area contributed by atoms with Gasteiger partial charge in [0.1, 0.15) is 17.8 Å². The summed E-state index contributed by atoms with van der Waals surface area (Å²) in [5.41, 5.74) is 9.48. The fourth-order valence-electron chi connectivity index (χ4n) is 2.61. The molecule has 0 aliphatic carbocycles. The van der Waals surface area contributed by atoms with Crippen LogP contribution >= 0.6 is 11.8 Å². The average molecular weight is 472 g/mol. The summed E-state index contributed by atoms with van der Waals surface area (Å²) in [5, 5.41) is 33.8. The number of hydrazone groups is 1. The summed E-state index contributed by atoms with van der Waals surface area (Å²) in [6.07, 6.45) is 1.55. The van der Waals surface area contributed by atoms with Crippen LogP contribution in [0.25, 0.3) is 5.70 Å². The Morgan fingerprint density at radius 3 is 2.79 bits per heavy atom. The van der Waals surface area contributed by atoms with Crippen molar-refractivity contribution < 1.29 is 14.8 Å². The van der Waals surface area contributed by atoms with Gasteiger partial charge in [0.05, 0.1) is 11.4 Å². The van der Waals surface area contributed by atoms with Crippen LogP contribution in [0.2, 0.25) is 0 Å². The average Bonchev–Trinajstić information content (AvgIpc) is 3.41. The minimum Gasteiger partial charge on any atom is -0.507 e. The molecule has 0 atom stereocenters. The molecule has 0 fully saturated rings. The second-order valence-electron chi connectivity index (χ2n) is 6.49. The Hall–Kier alpha value is -4.24. The van der Waals surface area contributed by atoms with E-state index in [1.54, 1.807) is 43.1 Å². The molecule has 6 N–H and O–H groups in total. The van der Waals surface area contributed by atoms with E-state index in [9.17, 15) is 9.90 Å². The number of carbonyl (C=O) groups excluding carboxylic acids is 1. The Morgan fingerprint density at radius 2 is 2.12 bits per heavy atom. The van der Waals surface area contributed by atoms with Gasteiger partial charge in [-0.05, 0) is 24.2 Å².